The number of nitrogens with one attached hydrogen (secondary N) is 1. The molecular weight excluding hydrogens is 241 g/mol. The molecule has 0 aliphatic rings. The fraction of sp³-hybridized carbons (Fsp3) is 0.333. The van der Waals surface area contributed by atoms with Crippen LogP contribution in [0.3, 0.4) is 0 Å². The zero-order chi connectivity index (χ0) is 13.8. The van der Waals surface area contributed by atoms with E-state index in [0.717, 1.165) is 41.0 Å². The molecule has 0 fully saturated rings. The van der Waals surface area contributed by atoms with Gasteiger partial charge in [-0.2, -0.15) is 0 Å². The summed E-state index contributed by atoms with van der Waals surface area (Å²) in [7, 11) is 1.84. The van der Waals surface area contributed by atoms with Crippen molar-refractivity contribution >= 4 is 5.82 Å². The summed E-state index contributed by atoms with van der Waals surface area (Å²) in [5, 5.41) is 3.07. The summed E-state index contributed by atoms with van der Waals surface area (Å²) < 4.78 is 13.6. The first-order chi connectivity index (χ1) is 9.15. The Kier molecular flexibility index (Phi) is 4.10. The number of hydrogen-bond acceptors (Lipinski definition) is 3. The Morgan fingerprint density at radius 1 is 1.21 bits per heavy atom. The summed E-state index contributed by atoms with van der Waals surface area (Å²) >= 11 is 0. The van der Waals surface area contributed by atoms with Crippen molar-refractivity contribution < 1.29 is 4.39 Å². The molecule has 2 aromatic rings. The van der Waals surface area contributed by atoms with E-state index in [0.29, 0.717) is 0 Å². The predicted octanol–water partition coefficient (Wildman–Crippen LogP) is 3.59. The second-order valence-corrected chi connectivity index (χ2v) is 4.57. The van der Waals surface area contributed by atoms with Gasteiger partial charge in [-0.15, -0.1) is 0 Å². The molecule has 100 valence electrons. The van der Waals surface area contributed by atoms with Gasteiger partial charge in [-0.1, -0.05) is 13.3 Å². The van der Waals surface area contributed by atoms with Crippen LogP contribution in [0.5, 0.6) is 0 Å². The molecular formula is C15H18FN3. The summed E-state index contributed by atoms with van der Waals surface area (Å²) in [6.07, 6.45) is 3.37. The topological polar surface area (TPSA) is 37.8 Å². The molecule has 0 spiro atoms. The lowest BCUT2D eigenvalue weighted by molar-refractivity contribution is 0.627. The van der Waals surface area contributed by atoms with Crippen molar-refractivity contribution in [3.63, 3.8) is 0 Å². The summed E-state index contributed by atoms with van der Waals surface area (Å²) in [5.41, 5.74) is 3.54. The summed E-state index contributed by atoms with van der Waals surface area (Å²) in [5.74, 6) is 0.579. The fourth-order valence-electron chi connectivity index (χ4n) is 2.24. The highest BCUT2D eigenvalue weighted by atomic mass is 19.1. The Balaban J connectivity index is 2.60. The van der Waals surface area contributed by atoms with Gasteiger partial charge in [-0.05, 0) is 37.1 Å². The van der Waals surface area contributed by atoms with Gasteiger partial charge in [0.25, 0.3) is 0 Å². The quantitative estimate of drug-likeness (QED) is 0.911. The highest BCUT2D eigenvalue weighted by Gasteiger charge is 2.12. The Hall–Kier alpha value is -1.97. The van der Waals surface area contributed by atoms with Crippen LogP contribution >= 0.6 is 0 Å². The summed E-state index contributed by atoms with van der Waals surface area (Å²) in [6.45, 7) is 3.99. The molecule has 0 bridgehead atoms. The largest absolute Gasteiger partial charge is 0.373 e. The number of rotatable bonds is 4. The summed E-state index contributed by atoms with van der Waals surface area (Å²) in [6, 6.07) is 4.99. The Morgan fingerprint density at radius 3 is 2.63 bits per heavy atom. The third kappa shape index (κ3) is 2.89. The van der Waals surface area contributed by atoms with Crippen LogP contribution in [0, 0.1) is 12.7 Å². The average molecular weight is 259 g/mol. The molecule has 0 radical (unpaired) electrons. The number of anilines is 1. The lowest BCUT2D eigenvalue weighted by Crippen LogP contribution is -2.03. The molecule has 0 aliphatic heterocycles. The molecule has 0 atom stereocenters. The highest BCUT2D eigenvalue weighted by molar-refractivity contribution is 5.68. The van der Waals surface area contributed by atoms with Crippen LogP contribution in [0.25, 0.3) is 11.3 Å². The molecule has 2 rings (SSSR count). The van der Waals surface area contributed by atoms with Crippen molar-refractivity contribution in [2.75, 3.05) is 12.4 Å². The van der Waals surface area contributed by atoms with E-state index in [9.17, 15) is 4.39 Å². The first-order valence-electron chi connectivity index (χ1n) is 6.45. The third-order valence-corrected chi connectivity index (χ3v) is 3.00. The Bertz CT molecular complexity index is 561. The molecule has 0 aliphatic carbocycles. The van der Waals surface area contributed by atoms with Gasteiger partial charge >= 0.3 is 0 Å². The maximum atomic E-state index is 13.6. The third-order valence-electron chi connectivity index (χ3n) is 3.00. The van der Waals surface area contributed by atoms with Crippen molar-refractivity contribution in [3.05, 3.63) is 41.5 Å². The monoisotopic (exact) mass is 259 g/mol. The molecule has 0 amide bonds. The van der Waals surface area contributed by atoms with Gasteiger partial charge in [0.05, 0.1) is 5.69 Å². The minimum Gasteiger partial charge on any atom is -0.373 e. The molecule has 0 saturated carbocycles. The van der Waals surface area contributed by atoms with E-state index in [2.05, 4.69) is 22.2 Å². The van der Waals surface area contributed by atoms with Crippen molar-refractivity contribution in [1.29, 1.82) is 0 Å². The molecule has 3 nitrogen and oxygen atoms in total. The van der Waals surface area contributed by atoms with Crippen molar-refractivity contribution in [3.8, 4) is 11.3 Å². The minimum absolute atomic E-state index is 0.234. The van der Waals surface area contributed by atoms with Crippen LogP contribution in [0.4, 0.5) is 10.2 Å². The zero-order valence-electron chi connectivity index (χ0n) is 11.5. The van der Waals surface area contributed by atoms with Crippen LogP contribution in [-0.2, 0) is 6.42 Å². The molecule has 1 heterocycles. The highest BCUT2D eigenvalue weighted by Crippen LogP contribution is 2.28. The molecule has 19 heavy (non-hydrogen) atoms. The van der Waals surface area contributed by atoms with Gasteiger partial charge in [-0.25, -0.2) is 14.4 Å². The number of nitrogens with zero attached hydrogens (tertiary/aromatic N) is 2. The van der Waals surface area contributed by atoms with Crippen molar-refractivity contribution in [2.45, 2.75) is 26.7 Å². The number of hydrogen-bond donors (Lipinski definition) is 1. The molecule has 0 unspecified atom stereocenters. The molecule has 4 heteroatoms. The lowest BCUT2D eigenvalue weighted by Gasteiger charge is -2.12. The smallest absolute Gasteiger partial charge is 0.132 e. The molecule has 1 aromatic heterocycles. The second kappa shape index (κ2) is 5.78. The minimum atomic E-state index is -0.234. The average Bonchev–Trinajstić information content (AvgIpc) is 2.38. The van der Waals surface area contributed by atoms with Gasteiger partial charge in [-0.3, -0.25) is 0 Å². The van der Waals surface area contributed by atoms with E-state index in [1.807, 2.05) is 20.0 Å². The molecule has 1 N–H and O–H groups in total. The van der Waals surface area contributed by atoms with E-state index in [1.165, 1.54) is 18.5 Å². The molecule has 0 saturated heterocycles. The Morgan fingerprint density at radius 2 is 2.00 bits per heavy atom. The second-order valence-electron chi connectivity index (χ2n) is 4.57. The number of halogens is 1. The van der Waals surface area contributed by atoms with Crippen LogP contribution in [0.15, 0.2) is 24.5 Å². The molecule has 1 aromatic carbocycles. The van der Waals surface area contributed by atoms with Gasteiger partial charge in [0.1, 0.15) is 18.0 Å². The Labute approximate surface area is 112 Å². The number of benzene rings is 1. The maximum absolute atomic E-state index is 13.6. The van der Waals surface area contributed by atoms with E-state index < -0.39 is 0 Å². The van der Waals surface area contributed by atoms with Crippen molar-refractivity contribution in [1.82, 2.24) is 9.97 Å². The van der Waals surface area contributed by atoms with E-state index in [4.69, 9.17) is 0 Å². The van der Waals surface area contributed by atoms with Gasteiger partial charge in [0, 0.05) is 18.2 Å². The van der Waals surface area contributed by atoms with E-state index in [-0.39, 0.29) is 5.82 Å². The van der Waals surface area contributed by atoms with Crippen LogP contribution in [0.2, 0.25) is 0 Å². The maximum Gasteiger partial charge on any atom is 0.132 e. The van der Waals surface area contributed by atoms with Gasteiger partial charge < -0.3 is 5.32 Å². The standard InChI is InChI=1S/C15H18FN3/c1-4-5-13-14(18-9-19-15(13)17-3)11-6-10(2)7-12(16)8-11/h6-9H,4-5H2,1-3H3,(H,17,18,19). The fourth-order valence-corrected chi connectivity index (χ4v) is 2.24. The number of aryl methyl sites for hydroxylation is 1. The van der Waals surface area contributed by atoms with Crippen LogP contribution < -0.4 is 5.32 Å². The SMILES string of the molecule is CCCc1c(NC)ncnc1-c1cc(C)cc(F)c1. The first-order valence-corrected chi connectivity index (χ1v) is 6.45. The van der Waals surface area contributed by atoms with Crippen LogP contribution in [-0.4, -0.2) is 17.0 Å². The van der Waals surface area contributed by atoms with Gasteiger partial charge in [0.2, 0.25) is 0 Å². The zero-order valence-corrected chi connectivity index (χ0v) is 11.5. The van der Waals surface area contributed by atoms with E-state index in [1.54, 1.807) is 0 Å². The van der Waals surface area contributed by atoms with Gasteiger partial charge in [0.15, 0.2) is 0 Å². The first kappa shape index (κ1) is 13.5. The summed E-state index contributed by atoms with van der Waals surface area (Å²) in [4.78, 5) is 8.57. The van der Waals surface area contributed by atoms with E-state index >= 15 is 0 Å². The van der Waals surface area contributed by atoms with Crippen molar-refractivity contribution in [2.24, 2.45) is 0 Å². The predicted molar refractivity (Wildman–Crippen MR) is 75.7 cm³/mol. The van der Waals surface area contributed by atoms with Crippen LogP contribution in [0.1, 0.15) is 24.5 Å². The lowest BCUT2D eigenvalue weighted by atomic mass is 10.0. The number of aromatic nitrogens is 2. The normalized spacial score (nSPS) is 10.5.